The molecule has 2 amide bonds. The van der Waals surface area contributed by atoms with E-state index in [1.165, 1.54) is 4.90 Å². The Hall–Kier alpha value is -2.24. The molecule has 0 aromatic heterocycles. The summed E-state index contributed by atoms with van der Waals surface area (Å²) in [4.78, 5) is 13.6. The van der Waals surface area contributed by atoms with Gasteiger partial charge in [0.05, 0.1) is 19.3 Å². The number of amidine groups is 1. The minimum absolute atomic E-state index is 0.0383. The second kappa shape index (κ2) is 7.25. The lowest BCUT2D eigenvalue weighted by molar-refractivity contribution is 0.218. The van der Waals surface area contributed by atoms with Crippen molar-refractivity contribution in [2.75, 3.05) is 25.5 Å². The van der Waals surface area contributed by atoms with E-state index in [1.807, 2.05) is 19.1 Å². The summed E-state index contributed by atoms with van der Waals surface area (Å²) in [6, 6.07) is 6.88. The maximum Gasteiger partial charge on any atom is 0.322 e. The molecule has 1 aromatic carbocycles. The molecule has 0 aliphatic rings. The summed E-state index contributed by atoms with van der Waals surface area (Å²) in [5, 5.41) is 10.0. The molecular formula is C13H20N4O2. The SMILES string of the molecule is CCCN(CC(=N)N)C(=O)Nc1ccccc1OC. The molecule has 0 bridgehead atoms. The quantitative estimate of drug-likeness (QED) is 0.541. The van der Waals surface area contributed by atoms with Gasteiger partial charge in [-0.25, -0.2) is 4.79 Å². The first kappa shape index (κ1) is 14.8. The minimum atomic E-state index is -0.290. The molecule has 0 saturated carbocycles. The molecule has 6 heteroatoms. The lowest BCUT2D eigenvalue weighted by atomic mass is 10.3. The third kappa shape index (κ3) is 4.50. The zero-order valence-electron chi connectivity index (χ0n) is 11.3. The molecule has 0 spiro atoms. The van der Waals surface area contributed by atoms with Crippen molar-refractivity contribution < 1.29 is 9.53 Å². The van der Waals surface area contributed by atoms with Crippen LogP contribution in [-0.4, -0.2) is 37.0 Å². The Morgan fingerprint density at radius 2 is 2.16 bits per heavy atom. The smallest absolute Gasteiger partial charge is 0.322 e. The molecule has 0 fully saturated rings. The summed E-state index contributed by atoms with van der Waals surface area (Å²) in [5.74, 6) is 0.554. The van der Waals surface area contributed by atoms with Gasteiger partial charge < -0.3 is 20.7 Å². The fraction of sp³-hybridized carbons (Fsp3) is 0.385. The summed E-state index contributed by atoms with van der Waals surface area (Å²) in [6.45, 7) is 2.62. The van der Waals surface area contributed by atoms with Crippen LogP contribution < -0.4 is 15.8 Å². The number of nitrogens with zero attached hydrogens (tertiary/aromatic N) is 1. The van der Waals surface area contributed by atoms with Crippen LogP contribution in [0.25, 0.3) is 0 Å². The van der Waals surface area contributed by atoms with Crippen LogP contribution >= 0.6 is 0 Å². The van der Waals surface area contributed by atoms with E-state index in [0.29, 0.717) is 18.0 Å². The van der Waals surface area contributed by atoms with Gasteiger partial charge in [0.1, 0.15) is 11.6 Å². The first-order chi connectivity index (χ1) is 9.08. The summed E-state index contributed by atoms with van der Waals surface area (Å²) in [6.07, 6.45) is 0.798. The number of ether oxygens (including phenoxy) is 1. The van der Waals surface area contributed by atoms with Gasteiger partial charge in [0.25, 0.3) is 0 Å². The van der Waals surface area contributed by atoms with Crippen LogP contribution in [0.4, 0.5) is 10.5 Å². The predicted molar refractivity (Wildman–Crippen MR) is 75.8 cm³/mol. The molecule has 0 aliphatic carbocycles. The number of methoxy groups -OCH3 is 1. The number of para-hydroxylation sites is 2. The van der Waals surface area contributed by atoms with Crippen molar-refractivity contribution in [3.63, 3.8) is 0 Å². The Labute approximate surface area is 113 Å². The van der Waals surface area contributed by atoms with Gasteiger partial charge in [0, 0.05) is 6.54 Å². The topological polar surface area (TPSA) is 91.4 Å². The number of carbonyl (C=O) groups excluding carboxylic acids is 1. The average Bonchev–Trinajstić information content (AvgIpc) is 2.38. The Morgan fingerprint density at radius 3 is 2.74 bits per heavy atom. The van der Waals surface area contributed by atoms with E-state index in [-0.39, 0.29) is 18.4 Å². The van der Waals surface area contributed by atoms with Crippen LogP contribution in [0.5, 0.6) is 5.75 Å². The molecule has 0 unspecified atom stereocenters. The lowest BCUT2D eigenvalue weighted by Crippen LogP contribution is -2.41. The van der Waals surface area contributed by atoms with Crippen molar-refractivity contribution in [3.05, 3.63) is 24.3 Å². The number of carbonyl (C=O) groups is 1. The van der Waals surface area contributed by atoms with E-state index in [4.69, 9.17) is 15.9 Å². The number of nitrogens with two attached hydrogens (primary N) is 1. The maximum absolute atomic E-state index is 12.1. The minimum Gasteiger partial charge on any atom is -0.495 e. The van der Waals surface area contributed by atoms with Gasteiger partial charge in [-0.1, -0.05) is 19.1 Å². The van der Waals surface area contributed by atoms with Gasteiger partial charge in [-0.05, 0) is 18.6 Å². The second-order valence-electron chi connectivity index (χ2n) is 4.08. The normalized spacial score (nSPS) is 9.79. The first-order valence-corrected chi connectivity index (χ1v) is 6.10. The van der Waals surface area contributed by atoms with Crippen molar-refractivity contribution in [3.8, 4) is 5.75 Å². The number of rotatable bonds is 6. The molecule has 0 radical (unpaired) electrons. The zero-order valence-corrected chi connectivity index (χ0v) is 11.3. The monoisotopic (exact) mass is 264 g/mol. The Kier molecular flexibility index (Phi) is 5.66. The summed E-state index contributed by atoms with van der Waals surface area (Å²) in [7, 11) is 1.55. The van der Waals surface area contributed by atoms with Crippen LogP contribution in [0.2, 0.25) is 0 Å². The van der Waals surface area contributed by atoms with Crippen LogP contribution in [0.15, 0.2) is 24.3 Å². The summed E-state index contributed by atoms with van der Waals surface area (Å²) < 4.78 is 5.17. The van der Waals surface area contributed by atoms with E-state index in [0.717, 1.165) is 6.42 Å². The molecule has 0 heterocycles. The van der Waals surface area contributed by atoms with Crippen molar-refractivity contribution in [2.24, 2.45) is 5.73 Å². The number of hydrogen-bond donors (Lipinski definition) is 3. The molecule has 104 valence electrons. The van der Waals surface area contributed by atoms with Crippen LogP contribution in [0.1, 0.15) is 13.3 Å². The molecule has 19 heavy (non-hydrogen) atoms. The maximum atomic E-state index is 12.1. The van der Waals surface area contributed by atoms with Gasteiger partial charge >= 0.3 is 6.03 Å². The van der Waals surface area contributed by atoms with Crippen LogP contribution in [-0.2, 0) is 0 Å². The van der Waals surface area contributed by atoms with E-state index >= 15 is 0 Å². The van der Waals surface area contributed by atoms with Crippen molar-refractivity contribution >= 4 is 17.6 Å². The molecule has 1 aromatic rings. The fourth-order valence-electron chi connectivity index (χ4n) is 1.67. The molecule has 6 nitrogen and oxygen atoms in total. The van der Waals surface area contributed by atoms with E-state index in [1.54, 1.807) is 19.2 Å². The second-order valence-corrected chi connectivity index (χ2v) is 4.08. The first-order valence-electron chi connectivity index (χ1n) is 6.10. The molecule has 1 rings (SSSR count). The Bertz CT molecular complexity index is 448. The van der Waals surface area contributed by atoms with E-state index < -0.39 is 0 Å². The van der Waals surface area contributed by atoms with Gasteiger partial charge in [-0.2, -0.15) is 0 Å². The van der Waals surface area contributed by atoms with Crippen molar-refractivity contribution in [2.45, 2.75) is 13.3 Å². The number of urea groups is 1. The Morgan fingerprint density at radius 1 is 1.47 bits per heavy atom. The van der Waals surface area contributed by atoms with Crippen molar-refractivity contribution in [1.29, 1.82) is 5.41 Å². The summed E-state index contributed by atoms with van der Waals surface area (Å²) in [5.41, 5.74) is 5.94. The third-order valence-electron chi connectivity index (χ3n) is 2.49. The summed E-state index contributed by atoms with van der Waals surface area (Å²) >= 11 is 0. The largest absolute Gasteiger partial charge is 0.495 e. The average molecular weight is 264 g/mol. The lowest BCUT2D eigenvalue weighted by Gasteiger charge is -2.22. The number of hydrogen-bond acceptors (Lipinski definition) is 3. The van der Waals surface area contributed by atoms with E-state index in [9.17, 15) is 4.79 Å². The molecule has 0 atom stereocenters. The molecular weight excluding hydrogens is 244 g/mol. The molecule has 4 N–H and O–H groups in total. The number of amides is 2. The standard InChI is InChI=1S/C13H20N4O2/c1-3-8-17(9-12(14)15)13(18)16-10-6-4-5-7-11(10)19-2/h4-7H,3,8-9H2,1-2H3,(H3,14,15)(H,16,18). The van der Waals surface area contributed by atoms with E-state index in [2.05, 4.69) is 5.32 Å². The highest BCUT2D eigenvalue weighted by Gasteiger charge is 2.15. The van der Waals surface area contributed by atoms with Gasteiger partial charge in [-0.15, -0.1) is 0 Å². The highest BCUT2D eigenvalue weighted by atomic mass is 16.5. The number of benzene rings is 1. The van der Waals surface area contributed by atoms with Crippen LogP contribution in [0.3, 0.4) is 0 Å². The number of anilines is 1. The van der Waals surface area contributed by atoms with Crippen molar-refractivity contribution in [1.82, 2.24) is 4.90 Å². The van der Waals surface area contributed by atoms with Crippen LogP contribution in [0, 0.1) is 5.41 Å². The fourth-order valence-corrected chi connectivity index (χ4v) is 1.67. The zero-order chi connectivity index (χ0) is 14.3. The molecule has 0 aliphatic heterocycles. The van der Waals surface area contributed by atoms with Gasteiger partial charge in [-0.3, -0.25) is 5.41 Å². The highest BCUT2D eigenvalue weighted by Crippen LogP contribution is 2.23. The van der Waals surface area contributed by atoms with Gasteiger partial charge in [0.15, 0.2) is 0 Å². The highest BCUT2D eigenvalue weighted by molar-refractivity contribution is 5.93. The van der Waals surface area contributed by atoms with Gasteiger partial charge in [0.2, 0.25) is 0 Å². The number of nitrogens with one attached hydrogen (secondary N) is 2. The predicted octanol–water partition coefficient (Wildman–Crippen LogP) is 1.88. The third-order valence-corrected chi connectivity index (χ3v) is 2.49. The Balaban J connectivity index is 2.77. The molecule has 0 saturated heterocycles.